The molecule has 0 aliphatic rings. The summed E-state index contributed by atoms with van der Waals surface area (Å²) in [6.45, 7) is 0.162. The van der Waals surface area contributed by atoms with Crippen molar-refractivity contribution in [2.75, 3.05) is 0 Å². The number of nitrogens with one attached hydrogen (secondary N) is 2. The van der Waals surface area contributed by atoms with E-state index >= 15 is 0 Å². The van der Waals surface area contributed by atoms with Gasteiger partial charge in [-0.3, -0.25) is 5.41 Å². The lowest BCUT2D eigenvalue weighted by atomic mass is 10.1. The van der Waals surface area contributed by atoms with Gasteiger partial charge in [-0.2, -0.15) is 0 Å². The third-order valence-electron chi connectivity index (χ3n) is 3.11. The summed E-state index contributed by atoms with van der Waals surface area (Å²) in [5, 5.41) is 10.0. The van der Waals surface area contributed by atoms with Crippen LogP contribution in [0.2, 0.25) is 0 Å². The van der Waals surface area contributed by atoms with Gasteiger partial charge >= 0.3 is 0 Å². The largest absolute Gasteiger partial charge is 0.457 e. The third kappa shape index (κ3) is 5.87. The number of hydrogen-bond acceptors (Lipinski definition) is 4. The molecule has 6 N–H and O–H groups in total. The third-order valence-corrected chi connectivity index (χ3v) is 4.02. The zero-order valence-electron chi connectivity index (χ0n) is 13.0. The molecule has 0 atom stereocenters. The summed E-state index contributed by atoms with van der Waals surface area (Å²) in [6.07, 6.45) is 0. The molecule has 0 heterocycles. The summed E-state index contributed by atoms with van der Waals surface area (Å²) in [5.41, 5.74) is 11.9. The van der Waals surface area contributed by atoms with Gasteiger partial charge < -0.3 is 21.5 Å². The van der Waals surface area contributed by atoms with Gasteiger partial charge in [0.1, 0.15) is 23.1 Å². The van der Waals surface area contributed by atoms with Gasteiger partial charge in [-0.1, -0.05) is 17.8 Å². The van der Waals surface area contributed by atoms with E-state index in [2.05, 4.69) is 5.32 Å². The predicted molar refractivity (Wildman–Crippen MR) is 99.7 cm³/mol. The van der Waals surface area contributed by atoms with Crippen LogP contribution in [0.4, 0.5) is 8.78 Å². The molecular formula is C16H16F2N4OS2. The highest BCUT2D eigenvalue weighted by atomic mass is 32.2. The first-order valence-electron chi connectivity index (χ1n) is 7.10. The highest BCUT2D eigenvalue weighted by molar-refractivity contribution is 8.13. The number of halogens is 2. The van der Waals surface area contributed by atoms with Crippen LogP contribution in [0.1, 0.15) is 11.1 Å². The normalized spacial score (nSPS) is 10.3. The lowest BCUT2D eigenvalue weighted by Gasteiger charge is -2.15. The highest BCUT2D eigenvalue weighted by Gasteiger charge is 2.12. The van der Waals surface area contributed by atoms with E-state index in [9.17, 15) is 8.78 Å². The van der Waals surface area contributed by atoms with E-state index < -0.39 is 11.6 Å². The number of thioether (sulfide) groups is 1. The first-order valence-corrected chi connectivity index (χ1v) is 8.49. The van der Waals surface area contributed by atoms with Gasteiger partial charge in [0.05, 0.1) is 0 Å². The molecule has 0 saturated carbocycles. The second-order valence-corrected chi connectivity index (χ2v) is 6.43. The van der Waals surface area contributed by atoms with E-state index in [4.69, 9.17) is 33.8 Å². The first kappa shape index (κ1) is 18.9. The Hall–Kier alpha value is -2.39. The van der Waals surface area contributed by atoms with Crippen molar-refractivity contribution < 1.29 is 13.5 Å². The molecule has 2 aromatic carbocycles. The Balaban J connectivity index is 2.30. The average Bonchev–Trinajstić information content (AvgIpc) is 2.54. The molecule has 0 spiro atoms. The molecule has 25 heavy (non-hydrogen) atoms. The quantitative estimate of drug-likeness (QED) is 0.348. The summed E-state index contributed by atoms with van der Waals surface area (Å²) in [6, 6.07) is 8.04. The van der Waals surface area contributed by atoms with Gasteiger partial charge in [0.25, 0.3) is 0 Å². The van der Waals surface area contributed by atoms with Crippen molar-refractivity contribution in [1.82, 2.24) is 5.32 Å². The Morgan fingerprint density at radius 3 is 2.44 bits per heavy atom. The zero-order valence-corrected chi connectivity index (χ0v) is 14.6. The molecule has 0 fully saturated rings. The SMILES string of the molecule is N=C(N)SCc1ccc(F)cc1Oc1ccc(F)cc1CNC(N)=S. The van der Waals surface area contributed by atoms with E-state index in [-0.39, 0.29) is 22.6 Å². The van der Waals surface area contributed by atoms with Crippen LogP contribution in [0.15, 0.2) is 36.4 Å². The van der Waals surface area contributed by atoms with Crippen molar-refractivity contribution in [2.24, 2.45) is 11.5 Å². The maximum Gasteiger partial charge on any atom is 0.163 e. The van der Waals surface area contributed by atoms with Crippen LogP contribution >= 0.6 is 24.0 Å². The molecule has 2 rings (SSSR count). The number of thiocarbonyl (C=S) groups is 1. The van der Waals surface area contributed by atoms with Crippen LogP contribution in [0.3, 0.4) is 0 Å². The summed E-state index contributed by atoms with van der Waals surface area (Å²) < 4.78 is 32.9. The summed E-state index contributed by atoms with van der Waals surface area (Å²) >= 11 is 5.83. The van der Waals surface area contributed by atoms with E-state index in [1.165, 1.54) is 30.3 Å². The number of ether oxygens (including phenoxy) is 1. The molecule has 2 aromatic rings. The average molecular weight is 382 g/mol. The number of hydrogen-bond donors (Lipinski definition) is 4. The molecule has 0 unspecified atom stereocenters. The van der Waals surface area contributed by atoms with Crippen LogP contribution in [0.5, 0.6) is 11.5 Å². The molecule has 0 aromatic heterocycles. The van der Waals surface area contributed by atoms with Gasteiger partial charge in [0.2, 0.25) is 0 Å². The minimum atomic E-state index is -0.475. The van der Waals surface area contributed by atoms with Crippen molar-refractivity contribution in [1.29, 1.82) is 5.41 Å². The van der Waals surface area contributed by atoms with E-state index in [0.29, 0.717) is 22.6 Å². The predicted octanol–water partition coefficient (Wildman–Crippen LogP) is 3.22. The Morgan fingerprint density at radius 1 is 1.08 bits per heavy atom. The number of benzene rings is 2. The fraction of sp³-hybridized carbons (Fsp3) is 0.125. The molecule has 0 saturated heterocycles. The van der Waals surface area contributed by atoms with Crippen molar-refractivity contribution in [3.63, 3.8) is 0 Å². The fourth-order valence-electron chi connectivity index (χ4n) is 1.98. The topological polar surface area (TPSA) is 97.2 Å². The van der Waals surface area contributed by atoms with Crippen LogP contribution in [0.25, 0.3) is 0 Å². The van der Waals surface area contributed by atoms with Crippen LogP contribution in [-0.4, -0.2) is 10.3 Å². The maximum absolute atomic E-state index is 13.6. The van der Waals surface area contributed by atoms with Crippen molar-refractivity contribution in [3.05, 3.63) is 59.2 Å². The van der Waals surface area contributed by atoms with E-state index in [1.54, 1.807) is 6.07 Å². The Bertz CT molecular complexity index is 802. The number of rotatable bonds is 6. The standard InChI is InChI=1S/C16H16F2N4OS2/c17-11-3-4-13(10(5-11)7-22-16(21)24)23-14-6-12(18)2-1-9(14)8-25-15(19)20/h1-6H,7-8H2,(H3,19,20)(H3,21,22,24). The van der Waals surface area contributed by atoms with E-state index in [0.717, 1.165) is 11.8 Å². The van der Waals surface area contributed by atoms with Crippen molar-refractivity contribution in [3.8, 4) is 11.5 Å². The Labute approximate surface area is 153 Å². The van der Waals surface area contributed by atoms with Crippen LogP contribution < -0.4 is 21.5 Å². The molecule has 0 radical (unpaired) electrons. The molecular weight excluding hydrogens is 366 g/mol. The van der Waals surface area contributed by atoms with E-state index in [1.807, 2.05) is 0 Å². The molecule has 0 amide bonds. The number of nitrogens with two attached hydrogens (primary N) is 2. The molecule has 0 aliphatic heterocycles. The monoisotopic (exact) mass is 382 g/mol. The second-order valence-electron chi connectivity index (χ2n) is 4.98. The minimum Gasteiger partial charge on any atom is -0.457 e. The summed E-state index contributed by atoms with van der Waals surface area (Å²) in [4.78, 5) is 0. The fourth-order valence-corrected chi connectivity index (χ4v) is 2.61. The van der Waals surface area contributed by atoms with Crippen molar-refractivity contribution in [2.45, 2.75) is 12.3 Å². The van der Waals surface area contributed by atoms with Gasteiger partial charge in [0.15, 0.2) is 10.3 Å². The van der Waals surface area contributed by atoms with Crippen LogP contribution in [0, 0.1) is 17.0 Å². The van der Waals surface area contributed by atoms with Crippen molar-refractivity contribution >= 4 is 34.3 Å². The molecule has 132 valence electrons. The second kappa shape index (κ2) is 8.63. The summed E-state index contributed by atoms with van der Waals surface area (Å²) in [5.74, 6) is 0.0176. The number of amidine groups is 1. The molecule has 0 bridgehead atoms. The molecule has 5 nitrogen and oxygen atoms in total. The highest BCUT2D eigenvalue weighted by Crippen LogP contribution is 2.31. The van der Waals surface area contributed by atoms with Gasteiger partial charge in [-0.25, -0.2) is 8.78 Å². The maximum atomic E-state index is 13.6. The summed E-state index contributed by atoms with van der Waals surface area (Å²) in [7, 11) is 0. The minimum absolute atomic E-state index is 0.0570. The van der Waals surface area contributed by atoms with Gasteiger partial charge in [-0.05, 0) is 36.5 Å². The Kier molecular flexibility index (Phi) is 6.54. The lowest BCUT2D eigenvalue weighted by Crippen LogP contribution is -2.28. The first-order chi connectivity index (χ1) is 11.8. The Morgan fingerprint density at radius 2 is 1.76 bits per heavy atom. The molecule has 9 heteroatoms. The van der Waals surface area contributed by atoms with Gasteiger partial charge in [-0.15, -0.1) is 0 Å². The molecule has 0 aliphatic carbocycles. The zero-order chi connectivity index (χ0) is 18.4. The lowest BCUT2D eigenvalue weighted by molar-refractivity contribution is 0.463. The smallest absolute Gasteiger partial charge is 0.163 e. The van der Waals surface area contributed by atoms with Gasteiger partial charge in [0, 0.05) is 29.5 Å². The van der Waals surface area contributed by atoms with Crippen LogP contribution in [-0.2, 0) is 12.3 Å².